The highest BCUT2D eigenvalue weighted by molar-refractivity contribution is 5.76. The average Bonchev–Trinajstić information content (AvgIpc) is 0.783. The molecule has 0 bridgehead atoms. The Labute approximate surface area is 605 Å². The molecule has 0 aromatic heterocycles. The highest BCUT2D eigenvalue weighted by Crippen LogP contribution is 2.33. The number of amides is 1. The molecule has 3 rings (SSSR count). The number of carbonyl (C=O) groups is 1. The number of hydrogen-bond acceptors (Lipinski definition) is 18. The second kappa shape index (κ2) is 61.6. The van der Waals surface area contributed by atoms with Gasteiger partial charge in [0, 0.05) is 6.42 Å². The fraction of sp³-hybridized carbons (Fsp3) is 0.864. The van der Waals surface area contributed by atoms with Crippen LogP contribution in [0.1, 0.15) is 316 Å². The Kier molecular flexibility index (Phi) is 56.5. The van der Waals surface area contributed by atoms with Gasteiger partial charge < -0.3 is 89.9 Å². The molecule has 0 radical (unpaired) electrons. The maximum atomic E-state index is 13.5. The molecule has 584 valence electrons. The van der Waals surface area contributed by atoms with Crippen molar-refractivity contribution in [3.05, 3.63) is 60.8 Å². The smallest absolute Gasteiger partial charge is 0.220 e. The first kappa shape index (κ1) is 91.7. The van der Waals surface area contributed by atoms with E-state index in [9.17, 15) is 61.0 Å². The maximum absolute atomic E-state index is 13.5. The molecule has 12 N–H and O–H groups in total. The van der Waals surface area contributed by atoms with Gasteiger partial charge in [-0.1, -0.05) is 293 Å². The van der Waals surface area contributed by atoms with Gasteiger partial charge in [-0.25, -0.2) is 0 Å². The van der Waals surface area contributed by atoms with Gasteiger partial charge in [0.1, 0.15) is 73.2 Å². The molecule has 3 heterocycles. The maximum Gasteiger partial charge on any atom is 0.220 e. The van der Waals surface area contributed by atoms with Gasteiger partial charge in [-0.2, -0.15) is 0 Å². The van der Waals surface area contributed by atoms with Crippen LogP contribution in [0.5, 0.6) is 0 Å². The Morgan fingerprint density at radius 1 is 0.360 bits per heavy atom. The van der Waals surface area contributed by atoms with Crippen molar-refractivity contribution in [2.24, 2.45) is 0 Å². The third-order valence-corrected chi connectivity index (χ3v) is 20.0. The van der Waals surface area contributed by atoms with Crippen LogP contribution >= 0.6 is 0 Å². The van der Waals surface area contributed by atoms with E-state index in [1.165, 1.54) is 231 Å². The number of aliphatic hydroxyl groups is 11. The van der Waals surface area contributed by atoms with Gasteiger partial charge in [0.2, 0.25) is 5.91 Å². The molecule has 17 unspecified atom stereocenters. The molecule has 0 spiro atoms. The van der Waals surface area contributed by atoms with Crippen LogP contribution in [0.15, 0.2) is 60.8 Å². The molecule has 3 fully saturated rings. The number of ether oxygens (including phenoxy) is 6. The molecule has 100 heavy (non-hydrogen) atoms. The summed E-state index contributed by atoms with van der Waals surface area (Å²) in [6, 6.07) is -0.998. The van der Waals surface area contributed by atoms with Crippen molar-refractivity contribution >= 4 is 5.91 Å². The minimum absolute atomic E-state index is 0.234. The lowest BCUT2D eigenvalue weighted by Gasteiger charge is -2.48. The van der Waals surface area contributed by atoms with Crippen LogP contribution in [0.2, 0.25) is 0 Å². The van der Waals surface area contributed by atoms with Crippen LogP contribution in [0.25, 0.3) is 0 Å². The summed E-state index contributed by atoms with van der Waals surface area (Å²) in [6.45, 7) is 1.73. The lowest BCUT2D eigenvalue weighted by atomic mass is 9.96. The standard InChI is InChI=1S/C81H147NO18/c1-3-5-7-9-11-13-15-17-19-21-23-25-26-27-28-29-30-31-32-33-34-35-36-37-38-39-41-43-45-47-49-51-53-55-57-59-69(87)82-64(65(86)58-56-54-52-50-48-46-44-42-40-24-22-20-18-16-14-12-10-8-6-4-2)63-95-79-75(93)72(90)77(67(61-84)97-79)100-81-76(94)73(91)78(68(62-85)98-81)99-80-74(92)71(89)70(88)66(60-83)96-80/h15,17,21,23,40,42,48,50,56,58,64-68,70-81,83-86,88-94H,3-14,16,18-20,22,24-39,41,43-47,49,51-55,57,59-63H2,1-2H3,(H,82,87)/b17-15-,23-21-,42-40+,50-48+,58-56+. The van der Waals surface area contributed by atoms with Crippen molar-refractivity contribution in [3.8, 4) is 0 Å². The van der Waals surface area contributed by atoms with E-state index in [1.807, 2.05) is 6.08 Å². The summed E-state index contributed by atoms with van der Waals surface area (Å²) in [5, 5.41) is 121. The molecule has 19 heteroatoms. The third kappa shape index (κ3) is 41.4. The Hall–Kier alpha value is -2.51. The second-order valence-electron chi connectivity index (χ2n) is 28.9. The first-order valence-corrected chi connectivity index (χ1v) is 40.5. The van der Waals surface area contributed by atoms with Gasteiger partial charge >= 0.3 is 0 Å². The third-order valence-electron chi connectivity index (χ3n) is 20.0. The highest BCUT2D eigenvalue weighted by Gasteiger charge is 2.54. The zero-order valence-corrected chi connectivity index (χ0v) is 62.4. The summed E-state index contributed by atoms with van der Waals surface area (Å²) in [6.07, 6.45) is 52.2. The monoisotopic (exact) mass is 1420 g/mol. The fourth-order valence-electron chi connectivity index (χ4n) is 13.5. The molecule has 3 saturated heterocycles. The van der Waals surface area contributed by atoms with E-state index >= 15 is 0 Å². The number of allylic oxidation sites excluding steroid dienone is 9. The molecule has 3 aliphatic rings. The van der Waals surface area contributed by atoms with Gasteiger partial charge in [0.05, 0.1) is 38.6 Å². The quantitative estimate of drug-likeness (QED) is 0.0199. The Morgan fingerprint density at radius 3 is 1.06 bits per heavy atom. The number of rotatable bonds is 64. The molecule has 0 aromatic rings. The van der Waals surface area contributed by atoms with Gasteiger partial charge in [-0.05, 0) is 77.0 Å². The zero-order valence-electron chi connectivity index (χ0n) is 62.4. The van der Waals surface area contributed by atoms with E-state index in [2.05, 4.69) is 67.8 Å². The molecule has 1 amide bonds. The van der Waals surface area contributed by atoms with E-state index in [4.69, 9.17) is 28.4 Å². The summed E-state index contributed by atoms with van der Waals surface area (Å²) >= 11 is 0. The normalized spacial score (nSPS) is 26.8. The van der Waals surface area contributed by atoms with E-state index in [1.54, 1.807) is 6.08 Å². The molecule has 3 aliphatic heterocycles. The van der Waals surface area contributed by atoms with Gasteiger partial charge in [-0.15, -0.1) is 0 Å². The summed E-state index contributed by atoms with van der Waals surface area (Å²) < 4.78 is 34.4. The molecule has 0 saturated carbocycles. The van der Waals surface area contributed by atoms with Crippen molar-refractivity contribution in [2.75, 3.05) is 26.4 Å². The highest BCUT2D eigenvalue weighted by atomic mass is 16.8. The molecular formula is C81H147NO18. The summed E-state index contributed by atoms with van der Waals surface area (Å²) in [4.78, 5) is 13.5. The second-order valence-corrected chi connectivity index (χ2v) is 28.9. The number of nitrogens with one attached hydrogen (secondary N) is 1. The van der Waals surface area contributed by atoms with E-state index in [-0.39, 0.29) is 18.9 Å². The summed E-state index contributed by atoms with van der Waals surface area (Å²) in [7, 11) is 0. The van der Waals surface area contributed by atoms with Gasteiger partial charge in [0.25, 0.3) is 0 Å². The van der Waals surface area contributed by atoms with Gasteiger partial charge in [0.15, 0.2) is 18.9 Å². The Bertz CT molecular complexity index is 2040. The van der Waals surface area contributed by atoms with Crippen LogP contribution in [0.3, 0.4) is 0 Å². The molecule has 19 nitrogen and oxygen atoms in total. The molecule has 0 aliphatic carbocycles. The van der Waals surface area contributed by atoms with Crippen LogP contribution in [-0.4, -0.2) is 193 Å². The largest absolute Gasteiger partial charge is 0.394 e. The Morgan fingerprint density at radius 2 is 0.670 bits per heavy atom. The predicted molar refractivity (Wildman–Crippen MR) is 397 cm³/mol. The topological polar surface area (TPSA) is 307 Å². The van der Waals surface area contributed by atoms with Crippen molar-refractivity contribution < 1.29 is 89.4 Å². The summed E-state index contributed by atoms with van der Waals surface area (Å²) in [5.41, 5.74) is 0. The number of carbonyl (C=O) groups excluding carboxylic acids is 1. The average molecular weight is 1420 g/mol. The van der Waals surface area contributed by atoms with Gasteiger partial charge in [-0.3, -0.25) is 4.79 Å². The molecule has 0 aromatic carbocycles. The van der Waals surface area contributed by atoms with E-state index < -0.39 is 124 Å². The first-order valence-electron chi connectivity index (χ1n) is 40.5. The minimum Gasteiger partial charge on any atom is -0.394 e. The van der Waals surface area contributed by atoms with Crippen LogP contribution in [0.4, 0.5) is 0 Å². The van der Waals surface area contributed by atoms with Crippen molar-refractivity contribution in [3.63, 3.8) is 0 Å². The lowest BCUT2D eigenvalue weighted by molar-refractivity contribution is -0.379. The Balaban J connectivity index is 1.35. The predicted octanol–water partition coefficient (Wildman–Crippen LogP) is 13.5. The van der Waals surface area contributed by atoms with E-state index in [0.29, 0.717) is 12.8 Å². The number of unbranched alkanes of at least 4 members (excludes halogenated alkanes) is 40. The number of hydrogen-bond donors (Lipinski definition) is 12. The van der Waals surface area contributed by atoms with Crippen LogP contribution < -0.4 is 5.32 Å². The van der Waals surface area contributed by atoms with E-state index in [0.717, 1.165) is 51.4 Å². The molecular weight excluding hydrogens is 1270 g/mol. The van der Waals surface area contributed by atoms with Crippen molar-refractivity contribution in [2.45, 2.75) is 420 Å². The number of aliphatic hydroxyl groups excluding tert-OH is 11. The SMILES string of the molecule is CCCCCCC/C=C\C/C=C\CCCCCCCCCCCCCCCCCCCCCCCCCC(=O)NC(COC1OC(CO)C(OC2OC(CO)C(OC3OC(CO)C(O)C(O)C3O)C(O)C2O)C(O)C1O)C(O)/C=C/CC/C=C/CC/C=C/CCCCCCCCCCCC. The van der Waals surface area contributed by atoms with Crippen LogP contribution in [0, 0.1) is 0 Å². The summed E-state index contributed by atoms with van der Waals surface area (Å²) in [5.74, 6) is -0.285. The molecule has 17 atom stereocenters. The zero-order chi connectivity index (χ0) is 72.5. The van der Waals surface area contributed by atoms with Crippen LogP contribution in [-0.2, 0) is 33.2 Å². The lowest BCUT2D eigenvalue weighted by Crippen LogP contribution is -2.66. The van der Waals surface area contributed by atoms with Crippen molar-refractivity contribution in [1.29, 1.82) is 0 Å². The fourth-order valence-corrected chi connectivity index (χ4v) is 13.5. The first-order chi connectivity index (χ1) is 48.8. The van der Waals surface area contributed by atoms with Crippen molar-refractivity contribution in [1.82, 2.24) is 5.32 Å². The minimum atomic E-state index is -1.98.